The first-order chi connectivity index (χ1) is 12.8. The molecule has 2 aromatic heterocycles. The topological polar surface area (TPSA) is 64.0 Å². The molecule has 5 nitrogen and oxygen atoms in total. The maximum Gasteiger partial charge on any atom is 0.263 e. The summed E-state index contributed by atoms with van der Waals surface area (Å²) in [6.45, 7) is 11.5. The Balaban J connectivity index is 2.04. The van der Waals surface area contributed by atoms with Crippen LogP contribution in [0, 0.1) is 27.7 Å². The lowest BCUT2D eigenvalue weighted by Gasteiger charge is -2.19. The average Bonchev–Trinajstić information content (AvgIpc) is 2.90. The second-order valence-corrected chi connectivity index (χ2v) is 8.13. The zero-order chi connectivity index (χ0) is 19.9. The molecule has 0 spiro atoms. The Morgan fingerprint density at radius 1 is 1.26 bits per heavy atom. The van der Waals surface area contributed by atoms with E-state index in [0.717, 1.165) is 38.5 Å². The number of carbonyl (C=O) groups is 1. The normalized spacial score (nSPS) is 12.4. The second kappa shape index (κ2) is 7.27. The number of amides is 1. The minimum atomic E-state index is -0.654. The first-order valence-electron chi connectivity index (χ1n) is 9.14. The maximum absolute atomic E-state index is 13.1. The summed E-state index contributed by atoms with van der Waals surface area (Å²) in [5, 5.41) is 3.64. The molecule has 27 heavy (non-hydrogen) atoms. The van der Waals surface area contributed by atoms with Gasteiger partial charge in [-0.05, 0) is 57.7 Å². The van der Waals surface area contributed by atoms with Crippen LogP contribution in [0.4, 0.5) is 5.69 Å². The van der Waals surface area contributed by atoms with Crippen molar-refractivity contribution < 1.29 is 4.79 Å². The van der Waals surface area contributed by atoms with Crippen LogP contribution in [0.5, 0.6) is 0 Å². The van der Waals surface area contributed by atoms with Gasteiger partial charge in [-0.3, -0.25) is 14.2 Å². The van der Waals surface area contributed by atoms with Crippen molar-refractivity contribution in [2.45, 2.75) is 54.0 Å². The molecule has 0 bridgehead atoms. The number of aryl methyl sites for hydroxylation is 5. The van der Waals surface area contributed by atoms with Gasteiger partial charge in [0.15, 0.2) is 0 Å². The molecule has 0 aliphatic heterocycles. The van der Waals surface area contributed by atoms with Crippen molar-refractivity contribution in [2.75, 3.05) is 5.32 Å². The Hall–Kier alpha value is -2.47. The van der Waals surface area contributed by atoms with E-state index in [1.165, 1.54) is 15.9 Å². The number of aromatic nitrogens is 2. The molecule has 1 unspecified atom stereocenters. The van der Waals surface area contributed by atoms with Crippen LogP contribution >= 0.6 is 11.3 Å². The Morgan fingerprint density at radius 2 is 1.96 bits per heavy atom. The van der Waals surface area contributed by atoms with Gasteiger partial charge in [-0.15, -0.1) is 11.3 Å². The third kappa shape index (κ3) is 3.30. The summed E-state index contributed by atoms with van der Waals surface area (Å²) >= 11 is 1.52. The van der Waals surface area contributed by atoms with Gasteiger partial charge in [0.1, 0.15) is 16.7 Å². The molecule has 1 aromatic carbocycles. The number of para-hydroxylation sites is 1. The number of nitrogens with zero attached hydrogens (tertiary/aromatic N) is 2. The highest BCUT2D eigenvalue weighted by atomic mass is 32.1. The van der Waals surface area contributed by atoms with Crippen molar-refractivity contribution in [1.82, 2.24) is 9.55 Å². The van der Waals surface area contributed by atoms with Crippen molar-refractivity contribution in [3.63, 3.8) is 0 Å². The van der Waals surface area contributed by atoms with Crippen LogP contribution in [0.2, 0.25) is 0 Å². The van der Waals surface area contributed by atoms with Crippen molar-refractivity contribution in [1.29, 1.82) is 0 Å². The minimum Gasteiger partial charge on any atom is -0.324 e. The third-order valence-electron chi connectivity index (χ3n) is 5.17. The minimum absolute atomic E-state index is 0.150. The Morgan fingerprint density at radius 3 is 2.63 bits per heavy atom. The number of hydrogen-bond donors (Lipinski definition) is 1. The van der Waals surface area contributed by atoms with E-state index in [4.69, 9.17) is 0 Å². The summed E-state index contributed by atoms with van der Waals surface area (Å²) < 4.78 is 1.50. The maximum atomic E-state index is 13.1. The Kier molecular flexibility index (Phi) is 5.20. The predicted octanol–water partition coefficient (Wildman–Crippen LogP) is 4.45. The van der Waals surface area contributed by atoms with Gasteiger partial charge in [0.05, 0.1) is 5.39 Å². The van der Waals surface area contributed by atoms with Crippen molar-refractivity contribution in [2.24, 2.45) is 0 Å². The van der Waals surface area contributed by atoms with Gasteiger partial charge >= 0.3 is 0 Å². The van der Waals surface area contributed by atoms with Gasteiger partial charge in [-0.25, -0.2) is 4.98 Å². The lowest BCUT2D eigenvalue weighted by molar-refractivity contribution is -0.118. The molecule has 1 atom stereocenters. The number of anilines is 1. The highest BCUT2D eigenvalue weighted by Crippen LogP contribution is 2.27. The van der Waals surface area contributed by atoms with E-state index in [2.05, 4.69) is 17.2 Å². The van der Waals surface area contributed by atoms with E-state index in [1.807, 2.05) is 39.0 Å². The number of carbonyl (C=O) groups excluding carboxylic acids is 1. The molecule has 0 fully saturated rings. The molecule has 6 heteroatoms. The molecule has 0 aliphatic rings. The van der Waals surface area contributed by atoms with Crippen molar-refractivity contribution in [3.8, 4) is 0 Å². The van der Waals surface area contributed by atoms with E-state index in [0.29, 0.717) is 11.2 Å². The summed E-state index contributed by atoms with van der Waals surface area (Å²) in [6, 6.07) is 5.32. The number of thiophene rings is 1. The fraction of sp³-hybridized carbons (Fsp3) is 0.381. The lowest BCUT2D eigenvalue weighted by Crippen LogP contribution is -2.34. The highest BCUT2D eigenvalue weighted by Gasteiger charge is 2.23. The number of fused-ring (bicyclic) bond motifs is 1. The number of hydrogen-bond acceptors (Lipinski definition) is 4. The zero-order valence-electron chi connectivity index (χ0n) is 16.6. The molecule has 0 radical (unpaired) electrons. The van der Waals surface area contributed by atoms with E-state index < -0.39 is 6.04 Å². The average molecular weight is 384 g/mol. The SMILES string of the molecule is CCc1cccc(C)c1NC(=O)C(C)n1c(C)nc2sc(C)c(C)c2c1=O. The Labute approximate surface area is 163 Å². The van der Waals surface area contributed by atoms with Crippen LogP contribution < -0.4 is 10.9 Å². The van der Waals surface area contributed by atoms with E-state index in [9.17, 15) is 9.59 Å². The van der Waals surface area contributed by atoms with Crippen molar-refractivity contribution >= 4 is 33.1 Å². The van der Waals surface area contributed by atoms with Gasteiger partial charge in [0, 0.05) is 10.6 Å². The monoisotopic (exact) mass is 383 g/mol. The molecule has 142 valence electrons. The molecule has 1 amide bonds. The molecular weight excluding hydrogens is 358 g/mol. The van der Waals surface area contributed by atoms with Gasteiger partial charge < -0.3 is 5.32 Å². The fourth-order valence-electron chi connectivity index (χ4n) is 3.41. The van der Waals surface area contributed by atoms with Crippen molar-refractivity contribution in [3.05, 3.63) is 55.9 Å². The second-order valence-electron chi connectivity index (χ2n) is 6.93. The summed E-state index contributed by atoms with van der Waals surface area (Å²) in [5.74, 6) is 0.340. The largest absolute Gasteiger partial charge is 0.324 e. The van der Waals surface area contributed by atoms with E-state index >= 15 is 0 Å². The molecule has 0 saturated heterocycles. The molecule has 0 saturated carbocycles. The summed E-state index contributed by atoms with van der Waals surface area (Å²) in [4.78, 5) is 32.5. The van der Waals surface area contributed by atoms with Crippen LogP contribution in [-0.2, 0) is 11.2 Å². The highest BCUT2D eigenvalue weighted by molar-refractivity contribution is 7.18. The van der Waals surface area contributed by atoms with Crippen LogP contribution in [0.15, 0.2) is 23.0 Å². The van der Waals surface area contributed by atoms with Gasteiger partial charge in [0.2, 0.25) is 5.91 Å². The van der Waals surface area contributed by atoms with Crippen LogP contribution in [0.1, 0.15) is 47.3 Å². The van der Waals surface area contributed by atoms with Crippen LogP contribution in [-0.4, -0.2) is 15.5 Å². The smallest absolute Gasteiger partial charge is 0.263 e. The standard InChI is InChI=1S/C21H25N3O2S/c1-7-16-10-8-9-11(2)18(16)23-19(25)13(4)24-15(6)22-20-17(21(24)26)12(3)14(5)27-20/h8-10,13H,7H2,1-6H3,(H,23,25). The summed E-state index contributed by atoms with van der Waals surface area (Å²) in [7, 11) is 0. The number of benzene rings is 1. The summed E-state index contributed by atoms with van der Waals surface area (Å²) in [5.41, 5.74) is 3.72. The summed E-state index contributed by atoms with van der Waals surface area (Å²) in [6.07, 6.45) is 0.825. The fourth-order valence-corrected chi connectivity index (χ4v) is 4.48. The quantitative estimate of drug-likeness (QED) is 0.724. The first kappa shape index (κ1) is 19.3. The molecule has 1 N–H and O–H groups in total. The molecule has 2 heterocycles. The van der Waals surface area contributed by atoms with E-state index in [1.54, 1.807) is 13.8 Å². The van der Waals surface area contributed by atoms with Crippen LogP contribution in [0.25, 0.3) is 10.2 Å². The third-order valence-corrected chi connectivity index (χ3v) is 6.27. The molecule has 0 aliphatic carbocycles. The van der Waals surface area contributed by atoms with Gasteiger partial charge in [0.25, 0.3) is 5.56 Å². The number of rotatable bonds is 4. The lowest BCUT2D eigenvalue weighted by atomic mass is 10.1. The molecular formula is C21H25N3O2S. The van der Waals surface area contributed by atoms with Gasteiger partial charge in [-0.1, -0.05) is 25.1 Å². The molecule has 3 aromatic rings. The Bertz CT molecular complexity index is 1090. The van der Waals surface area contributed by atoms with E-state index in [-0.39, 0.29) is 11.5 Å². The van der Waals surface area contributed by atoms with Gasteiger partial charge in [-0.2, -0.15) is 0 Å². The predicted molar refractivity (Wildman–Crippen MR) is 112 cm³/mol. The molecule has 3 rings (SSSR count). The zero-order valence-corrected chi connectivity index (χ0v) is 17.5. The van der Waals surface area contributed by atoms with Crippen LogP contribution in [0.3, 0.4) is 0 Å². The number of nitrogens with one attached hydrogen (secondary N) is 1. The first-order valence-corrected chi connectivity index (χ1v) is 9.96.